The highest BCUT2D eigenvalue weighted by Crippen LogP contribution is 2.25. The number of sulfonamides is 1. The molecule has 3 rings (SSSR count). The molecule has 23 heavy (non-hydrogen) atoms. The monoisotopic (exact) mass is 352 g/mol. The zero-order chi connectivity index (χ0) is 16.4. The normalized spacial score (nSPS) is 16.5. The summed E-state index contributed by atoms with van der Waals surface area (Å²) < 4.78 is 26.8. The second-order valence-electron chi connectivity index (χ2n) is 5.35. The molecule has 0 atom stereocenters. The van der Waals surface area contributed by atoms with Crippen molar-refractivity contribution in [3.05, 3.63) is 47.1 Å². The Morgan fingerprint density at radius 3 is 2.30 bits per heavy atom. The first-order valence-electron chi connectivity index (χ1n) is 7.28. The van der Waals surface area contributed by atoms with Gasteiger partial charge in [-0.1, -0.05) is 23.7 Å². The molecule has 8 heteroatoms. The zero-order valence-electron chi connectivity index (χ0n) is 12.7. The molecule has 0 radical (unpaired) electrons. The van der Waals surface area contributed by atoms with Gasteiger partial charge in [0.15, 0.2) is 5.82 Å². The molecule has 1 aromatic carbocycles. The van der Waals surface area contributed by atoms with Gasteiger partial charge in [-0.3, -0.25) is 0 Å². The number of hydrogen-bond donors (Lipinski definition) is 0. The molecule has 0 aliphatic carbocycles. The van der Waals surface area contributed by atoms with Crippen molar-refractivity contribution < 1.29 is 8.42 Å². The Labute approximate surface area is 140 Å². The molecule has 0 bridgehead atoms. The van der Waals surface area contributed by atoms with E-state index in [1.165, 1.54) is 10.4 Å². The first-order chi connectivity index (χ1) is 11.0. The van der Waals surface area contributed by atoms with Gasteiger partial charge in [0, 0.05) is 26.2 Å². The lowest BCUT2D eigenvalue weighted by Crippen LogP contribution is -2.49. The summed E-state index contributed by atoms with van der Waals surface area (Å²) >= 11 is 6.03. The maximum Gasteiger partial charge on any atom is 0.244 e. The molecule has 1 aromatic heterocycles. The fourth-order valence-corrected chi connectivity index (χ4v) is 4.43. The number of anilines is 1. The van der Waals surface area contributed by atoms with Crippen molar-refractivity contribution in [1.29, 1.82) is 0 Å². The van der Waals surface area contributed by atoms with E-state index in [2.05, 4.69) is 10.2 Å². The van der Waals surface area contributed by atoms with Crippen molar-refractivity contribution in [2.75, 3.05) is 31.1 Å². The van der Waals surface area contributed by atoms with Crippen LogP contribution in [0.5, 0.6) is 0 Å². The van der Waals surface area contributed by atoms with Gasteiger partial charge in [-0.25, -0.2) is 8.42 Å². The smallest absolute Gasteiger partial charge is 0.244 e. The van der Waals surface area contributed by atoms with E-state index in [1.807, 2.05) is 24.0 Å². The van der Waals surface area contributed by atoms with Gasteiger partial charge in [0.1, 0.15) is 4.90 Å². The second kappa shape index (κ2) is 6.43. The largest absolute Gasteiger partial charge is 0.352 e. The van der Waals surface area contributed by atoms with E-state index >= 15 is 0 Å². The lowest BCUT2D eigenvalue weighted by molar-refractivity contribution is 0.383. The summed E-state index contributed by atoms with van der Waals surface area (Å²) in [5, 5.41) is 8.44. The molecule has 1 aliphatic rings. The molecule has 6 nitrogen and oxygen atoms in total. The van der Waals surface area contributed by atoms with Gasteiger partial charge in [-0.15, -0.1) is 5.10 Å². The Bertz CT molecular complexity index is 787. The summed E-state index contributed by atoms with van der Waals surface area (Å²) in [7, 11) is -3.57. The Kier molecular flexibility index (Phi) is 4.52. The third-order valence-electron chi connectivity index (χ3n) is 3.80. The lowest BCUT2D eigenvalue weighted by atomic mass is 10.3. The van der Waals surface area contributed by atoms with Crippen LogP contribution in [0.15, 0.2) is 41.3 Å². The summed E-state index contributed by atoms with van der Waals surface area (Å²) in [6, 6.07) is 10.3. The highest BCUT2D eigenvalue weighted by atomic mass is 35.5. The molecule has 2 aromatic rings. The average Bonchev–Trinajstić information content (AvgIpc) is 2.56. The summed E-state index contributed by atoms with van der Waals surface area (Å²) in [6.45, 7) is 3.81. The van der Waals surface area contributed by atoms with E-state index in [9.17, 15) is 8.42 Å². The summed E-state index contributed by atoms with van der Waals surface area (Å²) in [6.07, 6.45) is 0. The van der Waals surface area contributed by atoms with Crippen LogP contribution < -0.4 is 4.90 Å². The Morgan fingerprint density at radius 1 is 1.00 bits per heavy atom. The maximum atomic E-state index is 12.7. The number of benzene rings is 1. The molecule has 0 amide bonds. The predicted molar refractivity (Wildman–Crippen MR) is 89.2 cm³/mol. The van der Waals surface area contributed by atoms with Gasteiger partial charge < -0.3 is 4.90 Å². The molecule has 1 aliphatic heterocycles. The van der Waals surface area contributed by atoms with Gasteiger partial charge in [0.25, 0.3) is 0 Å². The summed E-state index contributed by atoms with van der Waals surface area (Å²) in [4.78, 5) is 2.19. The van der Waals surface area contributed by atoms with Gasteiger partial charge in [-0.2, -0.15) is 9.40 Å². The van der Waals surface area contributed by atoms with Crippen molar-refractivity contribution in [2.24, 2.45) is 0 Å². The van der Waals surface area contributed by atoms with E-state index in [0.29, 0.717) is 26.2 Å². The zero-order valence-corrected chi connectivity index (χ0v) is 14.3. The second-order valence-corrected chi connectivity index (χ2v) is 7.67. The maximum absolute atomic E-state index is 12.7. The highest BCUT2D eigenvalue weighted by Gasteiger charge is 2.30. The summed E-state index contributed by atoms with van der Waals surface area (Å²) in [5.74, 6) is 0.769. The third-order valence-corrected chi connectivity index (χ3v) is 6.20. The van der Waals surface area contributed by atoms with Crippen LogP contribution in [0.1, 0.15) is 5.69 Å². The first kappa shape index (κ1) is 16.2. The van der Waals surface area contributed by atoms with Crippen molar-refractivity contribution in [1.82, 2.24) is 14.5 Å². The molecule has 0 unspecified atom stereocenters. The number of aryl methyl sites for hydroxylation is 1. The highest BCUT2D eigenvalue weighted by molar-refractivity contribution is 7.89. The van der Waals surface area contributed by atoms with Crippen LogP contribution in [0, 0.1) is 6.92 Å². The Balaban J connectivity index is 1.74. The van der Waals surface area contributed by atoms with E-state index < -0.39 is 10.0 Å². The Hall–Kier alpha value is -1.70. The number of aromatic nitrogens is 2. The number of nitrogens with zero attached hydrogens (tertiary/aromatic N) is 4. The molecule has 2 heterocycles. The molecule has 0 saturated carbocycles. The molecular formula is C15H17ClN4O2S. The van der Waals surface area contributed by atoms with Crippen molar-refractivity contribution in [3.63, 3.8) is 0 Å². The van der Waals surface area contributed by atoms with E-state index in [-0.39, 0.29) is 9.92 Å². The number of piperazine rings is 1. The fraction of sp³-hybridized carbons (Fsp3) is 0.333. The molecule has 0 N–H and O–H groups in total. The first-order valence-corrected chi connectivity index (χ1v) is 9.10. The van der Waals surface area contributed by atoms with Crippen LogP contribution in [0.4, 0.5) is 5.82 Å². The quantitative estimate of drug-likeness (QED) is 0.844. The minimum absolute atomic E-state index is 0.158. The van der Waals surface area contributed by atoms with Crippen LogP contribution in [0.2, 0.25) is 5.02 Å². The minimum Gasteiger partial charge on any atom is -0.352 e. The third kappa shape index (κ3) is 3.31. The van der Waals surface area contributed by atoms with Crippen molar-refractivity contribution in [3.8, 4) is 0 Å². The van der Waals surface area contributed by atoms with Gasteiger partial charge in [0.05, 0.1) is 10.7 Å². The summed E-state index contributed by atoms with van der Waals surface area (Å²) in [5.41, 5.74) is 0.855. The van der Waals surface area contributed by atoms with Gasteiger partial charge in [0.2, 0.25) is 10.0 Å². The lowest BCUT2D eigenvalue weighted by Gasteiger charge is -2.34. The topological polar surface area (TPSA) is 66.4 Å². The molecule has 122 valence electrons. The van der Waals surface area contributed by atoms with Crippen LogP contribution in [0.3, 0.4) is 0 Å². The van der Waals surface area contributed by atoms with Crippen LogP contribution in [-0.2, 0) is 10.0 Å². The van der Waals surface area contributed by atoms with Crippen LogP contribution >= 0.6 is 11.6 Å². The molecule has 1 saturated heterocycles. The van der Waals surface area contributed by atoms with Crippen molar-refractivity contribution >= 4 is 27.4 Å². The van der Waals surface area contributed by atoms with Crippen molar-refractivity contribution in [2.45, 2.75) is 11.8 Å². The van der Waals surface area contributed by atoms with E-state index in [0.717, 1.165) is 11.5 Å². The Morgan fingerprint density at radius 2 is 1.70 bits per heavy atom. The standard InChI is InChI=1S/C15H17ClN4O2S/c1-12-6-7-15(18-17-12)19-8-10-20(11-9-19)23(21,22)14-5-3-2-4-13(14)16/h2-7H,8-11H2,1H3. The predicted octanol–water partition coefficient (Wildman–Crippen LogP) is 1.95. The van der Waals surface area contributed by atoms with Gasteiger partial charge >= 0.3 is 0 Å². The van der Waals surface area contributed by atoms with E-state index in [4.69, 9.17) is 11.6 Å². The average molecular weight is 353 g/mol. The molecule has 1 fully saturated rings. The molecule has 0 spiro atoms. The van der Waals surface area contributed by atoms with Gasteiger partial charge in [-0.05, 0) is 31.2 Å². The number of halogens is 1. The number of hydrogen-bond acceptors (Lipinski definition) is 5. The van der Waals surface area contributed by atoms with Crippen LogP contribution in [-0.4, -0.2) is 49.1 Å². The molecular weight excluding hydrogens is 336 g/mol. The van der Waals surface area contributed by atoms with Crippen LogP contribution in [0.25, 0.3) is 0 Å². The number of rotatable bonds is 3. The minimum atomic E-state index is -3.57. The van der Waals surface area contributed by atoms with E-state index in [1.54, 1.807) is 18.2 Å². The fourth-order valence-electron chi connectivity index (χ4n) is 2.51. The SMILES string of the molecule is Cc1ccc(N2CCN(S(=O)(=O)c3ccccc3Cl)CC2)nn1.